The van der Waals surface area contributed by atoms with E-state index in [1.165, 1.54) is 0 Å². The first-order valence-corrected chi connectivity index (χ1v) is 11.9. The van der Waals surface area contributed by atoms with Gasteiger partial charge in [0.25, 0.3) is 0 Å². The van der Waals surface area contributed by atoms with Crippen LogP contribution in [0.2, 0.25) is 0 Å². The molecular formula is C28H24F5NO5. The summed E-state index contributed by atoms with van der Waals surface area (Å²) in [6.07, 6.45) is -1.09. The van der Waals surface area contributed by atoms with Crippen LogP contribution in [0.5, 0.6) is 5.75 Å². The second-order valence-electron chi connectivity index (χ2n) is 9.77. The van der Waals surface area contributed by atoms with E-state index in [0.29, 0.717) is 0 Å². The highest BCUT2D eigenvalue weighted by Crippen LogP contribution is 2.44. The summed E-state index contributed by atoms with van der Waals surface area (Å²) in [6.45, 7) is 4.23. The molecule has 0 saturated heterocycles. The Bertz CT molecular complexity index is 1350. The number of carbonyl (C=O) groups is 2. The summed E-state index contributed by atoms with van der Waals surface area (Å²) in [7, 11) is 0. The predicted molar refractivity (Wildman–Crippen MR) is 130 cm³/mol. The van der Waals surface area contributed by atoms with Crippen LogP contribution in [0.25, 0.3) is 11.1 Å². The summed E-state index contributed by atoms with van der Waals surface area (Å²) in [5.41, 5.74) is 3.02. The molecule has 1 aliphatic carbocycles. The van der Waals surface area contributed by atoms with Crippen LogP contribution in [0.15, 0.2) is 48.5 Å². The first-order chi connectivity index (χ1) is 18.4. The summed E-state index contributed by atoms with van der Waals surface area (Å²) in [4.78, 5) is 25.4. The normalized spacial score (nSPS) is 13.4. The zero-order chi connectivity index (χ0) is 28.5. The molecule has 0 unspecified atom stereocenters. The molecule has 3 aromatic carbocycles. The summed E-state index contributed by atoms with van der Waals surface area (Å²) < 4.78 is 84.0. The SMILES string of the molecule is CC(C)(C)OC[C@@H](NC(=O)OCC1c2ccccc2-c2ccccc21)C(=O)Oc1c(F)c(F)c(F)c(F)c1F. The van der Waals surface area contributed by atoms with Crippen molar-refractivity contribution in [3.05, 3.63) is 88.7 Å². The van der Waals surface area contributed by atoms with Gasteiger partial charge in [-0.05, 0) is 43.0 Å². The zero-order valence-electron chi connectivity index (χ0n) is 21.1. The molecule has 0 heterocycles. The summed E-state index contributed by atoms with van der Waals surface area (Å²) in [5.74, 6) is -15.3. The lowest BCUT2D eigenvalue weighted by Crippen LogP contribution is -2.48. The van der Waals surface area contributed by atoms with E-state index in [4.69, 9.17) is 9.47 Å². The van der Waals surface area contributed by atoms with Gasteiger partial charge in [-0.1, -0.05) is 48.5 Å². The third-order valence-corrected chi connectivity index (χ3v) is 5.98. The number of benzene rings is 3. The molecule has 206 valence electrons. The van der Waals surface area contributed by atoms with Crippen LogP contribution in [-0.2, 0) is 14.3 Å². The van der Waals surface area contributed by atoms with Gasteiger partial charge in [0.2, 0.25) is 34.8 Å². The molecule has 1 aliphatic rings. The third-order valence-electron chi connectivity index (χ3n) is 5.98. The van der Waals surface area contributed by atoms with Crippen LogP contribution >= 0.6 is 0 Å². The third kappa shape index (κ3) is 5.88. The molecule has 1 amide bonds. The molecule has 0 saturated carbocycles. The van der Waals surface area contributed by atoms with E-state index in [-0.39, 0.29) is 12.5 Å². The number of hydrogen-bond donors (Lipinski definition) is 1. The zero-order valence-corrected chi connectivity index (χ0v) is 21.1. The van der Waals surface area contributed by atoms with Crippen molar-refractivity contribution < 1.29 is 45.8 Å². The van der Waals surface area contributed by atoms with Crippen molar-refractivity contribution >= 4 is 12.1 Å². The number of esters is 1. The van der Waals surface area contributed by atoms with Crippen LogP contribution in [-0.4, -0.2) is 36.9 Å². The number of fused-ring (bicyclic) bond motifs is 3. The highest BCUT2D eigenvalue weighted by atomic mass is 19.2. The van der Waals surface area contributed by atoms with E-state index in [0.717, 1.165) is 22.3 Å². The maximum Gasteiger partial charge on any atom is 0.407 e. The van der Waals surface area contributed by atoms with Crippen molar-refractivity contribution in [2.24, 2.45) is 0 Å². The Balaban J connectivity index is 1.50. The van der Waals surface area contributed by atoms with Crippen LogP contribution in [0.1, 0.15) is 37.8 Å². The van der Waals surface area contributed by atoms with Gasteiger partial charge in [0, 0.05) is 5.92 Å². The van der Waals surface area contributed by atoms with Gasteiger partial charge in [0.15, 0.2) is 6.04 Å². The Labute approximate surface area is 220 Å². The molecule has 0 fully saturated rings. The molecule has 6 nitrogen and oxygen atoms in total. The summed E-state index contributed by atoms with van der Waals surface area (Å²) in [6, 6.07) is 13.5. The second-order valence-corrected chi connectivity index (χ2v) is 9.77. The van der Waals surface area contributed by atoms with Crippen LogP contribution in [0, 0.1) is 29.1 Å². The van der Waals surface area contributed by atoms with Gasteiger partial charge in [-0.3, -0.25) is 0 Å². The van der Waals surface area contributed by atoms with Crippen LogP contribution in [0.3, 0.4) is 0 Å². The van der Waals surface area contributed by atoms with Gasteiger partial charge in [-0.15, -0.1) is 0 Å². The van der Waals surface area contributed by atoms with Crippen molar-refractivity contribution in [1.29, 1.82) is 0 Å². The molecule has 0 spiro atoms. The molecule has 39 heavy (non-hydrogen) atoms. The molecular weight excluding hydrogens is 525 g/mol. The maximum absolute atomic E-state index is 14.1. The van der Waals surface area contributed by atoms with E-state index in [1.807, 2.05) is 48.5 Å². The molecule has 0 aliphatic heterocycles. The molecule has 4 rings (SSSR count). The van der Waals surface area contributed by atoms with Crippen molar-refractivity contribution in [2.75, 3.05) is 13.2 Å². The first-order valence-electron chi connectivity index (χ1n) is 11.9. The number of nitrogens with one attached hydrogen (secondary N) is 1. The standard InChI is InChI=1S/C28H24F5NO5/c1-28(2,3)38-13-19(26(35)39-25-23(32)21(30)20(29)22(31)24(25)33)34-27(36)37-12-18-16-10-6-4-8-14(16)15-9-5-7-11-17(15)18/h4-11,18-19H,12-13H2,1-3H3,(H,34,36)/t19-/m1/s1. The van der Waals surface area contributed by atoms with Crippen LogP contribution in [0.4, 0.5) is 26.7 Å². The van der Waals surface area contributed by atoms with Gasteiger partial charge < -0.3 is 19.5 Å². The largest absolute Gasteiger partial charge is 0.449 e. The minimum absolute atomic E-state index is 0.112. The molecule has 0 aromatic heterocycles. The Morgan fingerprint density at radius 2 is 1.31 bits per heavy atom. The van der Waals surface area contributed by atoms with Crippen molar-refractivity contribution in [2.45, 2.75) is 38.3 Å². The average molecular weight is 549 g/mol. The number of rotatable bonds is 7. The number of halogens is 5. The van der Waals surface area contributed by atoms with E-state index in [2.05, 4.69) is 10.1 Å². The van der Waals surface area contributed by atoms with Crippen molar-refractivity contribution in [3.8, 4) is 16.9 Å². The number of amides is 1. The predicted octanol–water partition coefficient (Wildman–Crippen LogP) is 6.01. The van der Waals surface area contributed by atoms with E-state index in [1.54, 1.807) is 20.8 Å². The van der Waals surface area contributed by atoms with Crippen molar-refractivity contribution in [3.63, 3.8) is 0 Å². The Morgan fingerprint density at radius 1 is 0.821 bits per heavy atom. The van der Waals surface area contributed by atoms with Gasteiger partial charge in [-0.25, -0.2) is 22.8 Å². The fourth-order valence-corrected chi connectivity index (χ4v) is 4.13. The lowest BCUT2D eigenvalue weighted by molar-refractivity contribution is -0.140. The summed E-state index contributed by atoms with van der Waals surface area (Å²) >= 11 is 0. The molecule has 1 atom stereocenters. The molecule has 1 N–H and O–H groups in total. The highest BCUT2D eigenvalue weighted by molar-refractivity contribution is 5.83. The number of carbonyl (C=O) groups excluding carboxylic acids is 2. The smallest absolute Gasteiger partial charge is 0.407 e. The molecule has 0 radical (unpaired) electrons. The minimum Gasteiger partial charge on any atom is -0.449 e. The Morgan fingerprint density at radius 3 is 1.82 bits per heavy atom. The average Bonchev–Trinajstić information content (AvgIpc) is 3.23. The fourth-order valence-electron chi connectivity index (χ4n) is 4.13. The van der Waals surface area contributed by atoms with E-state index < -0.39 is 65.1 Å². The van der Waals surface area contributed by atoms with E-state index >= 15 is 0 Å². The number of ether oxygens (including phenoxy) is 3. The van der Waals surface area contributed by atoms with Gasteiger partial charge in [-0.2, -0.15) is 8.78 Å². The van der Waals surface area contributed by atoms with Crippen molar-refractivity contribution in [1.82, 2.24) is 5.32 Å². The number of alkyl carbamates (subject to hydrolysis) is 1. The highest BCUT2D eigenvalue weighted by Gasteiger charge is 2.33. The lowest BCUT2D eigenvalue weighted by atomic mass is 9.98. The monoisotopic (exact) mass is 549 g/mol. The first kappa shape index (κ1) is 28.0. The molecule has 0 bridgehead atoms. The quantitative estimate of drug-likeness (QED) is 0.129. The maximum atomic E-state index is 14.1. The van der Waals surface area contributed by atoms with Crippen LogP contribution < -0.4 is 10.1 Å². The molecule has 11 heteroatoms. The second kappa shape index (κ2) is 11.0. The molecule has 3 aromatic rings. The topological polar surface area (TPSA) is 73.9 Å². The number of hydrogen-bond acceptors (Lipinski definition) is 5. The van der Waals surface area contributed by atoms with Gasteiger partial charge >= 0.3 is 12.1 Å². The fraction of sp³-hybridized carbons (Fsp3) is 0.286. The Hall–Kier alpha value is -3.99. The minimum atomic E-state index is -2.41. The summed E-state index contributed by atoms with van der Waals surface area (Å²) in [5, 5.41) is 2.19. The lowest BCUT2D eigenvalue weighted by Gasteiger charge is -2.24. The Kier molecular flexibility index (Phi) is 7.91. The van der Waals surface area contributed by atoms with Gasteiger partial charge in [0.1, 0.15) is 6.61 Å². The van der Waals surface area contributed by atoms with E-state index in [9.17, 15) is 31.5 Å². The van der Waals surface area contributed by atoms with Gasteiger partial charge in [0.05, 0.1) is 12.2 Å².